The molecule has 1 rings (SSSR count). The number of amides is 2. The maximum absolute atomic E-state index is 11.9. The molecule has 138 valence electrons. The highest BCUT2D eigenvalue weighted by atomic mass is 16.2. The van der Waals surface area contributed by atoms with E-state index < -0.39 is 5.41 Å². The van der Waals surface area contributed by atoms with Crippen molar-refractivity contribution in [1.29, 1.82) is 0 Å². The second kappa shape index (κ2) is 9.49. The van der Waals surface area contributed by atoms with Gasteiger partial charge in [-0.1, -0.05) is 0 Å². The highest BCUT2D eigenvalue weighted by Crippen LogP contribution is 2.21. The number of hydrogen-bond acceptors (Lipinski definition) is 3. The molecule has 1 saturated heterocycles. The Labute approximate surface area is 145 Å². The molecular weight excluding hydrogens is 306 g/mol. The molecule has 0 aromatic carbocycles. The lowest BCUT2D eigenvalue weighted by Crippen LogP contribution is -2.47. The number of piperidine rings is 1. The second-order valence-electron chi connectivity index (χ2n) is 6.94. The Hall–Kier alpha value is -1.79. The first-order chi connectivity index (χ1) is 11.3. The van der Waals surface area contributed by atoms with Gasteiger partial charge in [0.05, 0.1) is 12.0 Å². The molecule has 0 radical (unpaired) electrons. The van der Waals surface area contributed by atoms with Crippen molar-refractivity contribution >= 4 is 17.8 Å². The lowest BCUT2D eigenvalue weighted by atomic mass is 9.92. The highest BCUT2D eigenvalue weighted by Gasteiger charge is 2.28. The maximum Gasteiger partial charge on any atom is 0.227 e. The van der Waals surface area contributed by atoms with Crippen LogP contribution in [0.4, 0.5) is 0 Å². The van der Waals surface area contributed by atoms with Gasteiger partial charge in [0.1, 0.15) is 0 Å². The molecule has 0 saturated carbocycles. The van der Waals surface area contributed by atoms with Gasteiger partial charge in [0.15, 0.2) is 5.96 Å². The molecule has 7 nitrogen and oxygen atoms in total. The largest absolute Gasteiger partial charge is 0.359 e. The molecule has 0 aromatic rings. The summed E-state index contributed by atoms with van der Waals surface area (Å²) < 4.78 is 0. The predicted octanol–water partition coefficient (Wildman–Crippen LogP) is 0.572. The number of likely N-dealkylation sites (tertiary alicyclic amines) is 1. The molecule has 0 aliphatic carbocycles. The van der Waals surface area contributed by atoms with Crippen LogP contribution in [0.3, 0.4) is 0 Å². The van der Waals surface area contributed by atoms with Crippen LogP contribution in [0.15, 0.2) is 4.99 Å². The number of carbonyl (C=O) groups excluding carboxylic acids is 2. The fourth-order valence-electron chi connectivity index (χ4n) is 2.82. The van der Waals surface area contributed by atoms with Gasteiger partial charge in [-0.05, 0) is 39.5 Å². The SMILES string of the molecule is CCNC(=NCC(C)(C)C(=O)NC)N1CCC(CC(=O)NC)CC1. The Morgan fingerprint density at radius 2 is 1.79 bits per heavy atom. The zero-order valence-corrected chi connectivity index (χ0v) is 15.7. The summed E-state index contributed by atoms with van der Waals surface area (Å²) in [6.07, 6.45) is 2.56. The monoisotopic (exact) mass is 339 g/mol. The molecule has 0 spiro atoms. The molecule has 1 heterocycles. The Morgan fingerprint density at radius 3 is 2.29 bits per heavy atom. The minimum atomic E-state index is -0.535. The van der Waals surface area contributed by atoms with E-state index in [1.807, 2.05) is 20.8 Å². The smallest absolute Gasteiger partial charge is 0.227 e. The molecule has 2 amide bonds. The lowest BCUT2D eigenvalue weighted by Gasteiger charge is -2.34. The van der Waals surface area contributed by atoms with E-state index in [1.54, 1.807) is 14.1 Å². The molecule has 0 atom stereocenters. The molecule has 0 aromatic heterocycles. The van der Waals surface area contributed by atoms with Crippen LogP contribution < -0.4 is 16.0 Å². The number of rotatable bonds is 6. The average Bonchev–Trinajstić information content (AvgIpc) is 2.58. The van der Waals surface area contributed by atoms with Crippen LogP contribution in [0, 0.1) is 11.3 Å². The van der Waals surface area contributed by atoms with Crippen molar-refractivity contribution in [3.05, 3.63) is 0 Å². The first-order valence-corrected chi connectivity index (χ1v) is 8.80. The average molecular weight is 339 g/mol. The van der Waals surface area contributed by atoms with Crippen molar-refractivity contribution in [2.75, 3.05) is 40.3 Å². The number of carbonyl (C=O) groups is 2. The normalized spacial score (nSPS) is 16.7. The Bertz CT molecular complexity index is 454. The Kier molecular flexibility index (Phi) is 8.01. The topological polar surface area (TPSA) is 85.8 Å². The molecule has 1 fully saturated rings. The van der Waals surface area contributed by atoms with Gasteiger partial charge in [0.2, 0.25) is 11.8 Å². The molecule has 1 aliphatic rings. The van der Waals surface area contributed by atoms with E-state index in [9.17, 15) is 9.59 Å². The van der Waals surface area contributed by atoms with Crippen LogP contribution in [0.25, 0.3) is 0 Å². The van der Waals surface area contributed by atoms with Gasteiger partial charge in [-0.15, -0.1) is 0 Å². The summed E-state index contributed by atoms with van der Waals surface area (Å²) in [6, 6.07) is 0. The molecule has 3 N–H and O–H groups in total. The van der Waals surface area contributed by atoms with Crippen molar-refractivity contribution in [1.82, 2.24) is 20.9 Å². The van der Waals surface area contributed by atoms with Gasteiger partial charge >= 0.3 is 0 Å². The number of nitrogens with one attached hydrogen (secondary N) is 3. The molecule has 24 heavy (non-hydrogen) atoms. The van der Waals surface area contributed by atoms with Gasteiger partial charge in [-0.3, -0.25) is 14.6 Å². The zero-order chi connectivity index (χ0) is 18.2. The van der Waals surface area contributed by atoms with Crippen molar-refractivity contribution in [3.63, 3.8) is 0 Å². The summed E-state index contributed by atoms with van der Waals surface area (Å²) in [7, 11) is 3.33. The summed E-state index contributed by atoms with van der Waals surface area (Å²) in [5.74, 6) is 1.40. The van der Waals surface area contributed by atoms with Crippen molar-refractivity contribution in [2.24, 2.45) is 16.3 Å². The van der Waals surface area contributed by atoms with Gasteiger partial charge in [0, 0.05) is 40.2 Å². The van der Waals surface area contributed by atoms with E-state index in [2.05, 4.69) is 25.8 Å². The number of hydrogen-bond donors (Lipinski definition) is 3. The van der Waals surface area contributed by atoms with E-state index in [1.165, 1.54) is 0 Å². The first kappa shape index (κ1) is 20.3. The van der Waals surface area contributed by atoms with Crippen LogP contribution in [0.1, 0.15) is 40.0 Å². The summed E-state index contributed by atoms with van der Waals surface area (Å²) in [5.41, 5.74) is -0.535. The van der Waals surface area contributed by atoms with E-state index in [4.69, 9.17) is 0 Å². The summed E-state index contributed by atoms with van der Waals surface area (Å²) in [6.45, 7) is 8.83. The van der Waals surface area contributed by atoms with E-state index in [0.29, 0.717) is 18.9 Å². The van der Waals surface area contributed by atoms with Crippen molar-refractivity contribution in [3.8, 4) is 0 Å². The molecule has 0 unspecified atom stereocenters. The number of guanidine groups is 1. The van der Waals surface area contributed by atoms with Gasteiger partial charge < -0.3 is 20.9 Å². The van der Waals surface area contributed by atoms with Crippen LogP contribution in [0.2, 0.25) is 0 Å². The summed E-state index contributed by atoms with van der Waals surface area (Å²) >= 11 is 0. The fraction of sp³-hybridized carbons (Fsp3) is 0.824. The maximum atomic E-state index is 11.9. The lowest BCUT2D eigenvalue weighted by molar-refractivity contribution is -0.128. The minimum absolute atomic E-state index is 0.00798. The third kappa shape index (κ3) is 6.02. The molecule has 0 bridgehead atoms. The number of nitrogens with zero attached hydrogens (tertiary/aromatic N) is 2. The van der Waals surface area contributed by atoms with Crippen molar-refractivity contribution < 1.29 is 9.59 Å². The zero-order valence-electron chi connectivity index (χ0n) is 15.7. The molecular formula is C17H33N5O2. The van der Waals surface area contributed by atoms with Gasteiger partial charge in [0.25, 0.3) is 0 Å². The highest BCUT2D eigenvalue weighted by molar-refractivity contribution is 5.83. The van der Waals surface area contributed by atoms with E-state index in [-0.39, 0.29) is 11.8 Å². The third-order valence-corrected chi connectivity index (χ3v) is 4.47. The predicted molar refractivity (Wildman–Crippen MR) is 96.8 cm³/mol. The quantitative estimate of drug-likeness (QED) is 0.488. The Morgan fingerprint density at radius 1 is 1.17 bits per heavy atom. The van der Waals surface area contributed by atoms with Crippen LogP contribution >= 0.6 is 0 Å². The molecule has 1 aliphatic heterocycles. The van der Waals surface area contributed by atoms with Gasteiger partial charge in [-0.2, -0.15) is 0 Å². The first-order valence-electron chi connectivity index (χ1n) is 8.80. The minimum Gasteiger partial charge on any atom is -0.359 e. The fourth-order valence-corrected chi connectivity index (χ4v) is 2.82. The summed E-state index contributed by atoms with van der Waals surface area (Å²) in [4.78, 5) is 30.3. The van der Waals surface area contributed by atoms with Crippen LogP contribution in [-0.4, -0.2) is 62.9 Å². The Balaban J connectivity index is 2.64. The van der Waals surface area contributed by atoms with Crippen LogP contribution in [0.5, 0.6) is 0 Å². The van der Waals surface area contributed by atoms with Gasteiger partial charge in [-0.25, -0.2) is 0 Å². The third-order valence-electron chi connectivity index (χ3n) is 4.47. The van der Waals surface area contributed by atoms with E-state index in [0.717, 1.165) is 38.4 Å². The van der Waals surface area contributed by atoms with Crippen LogP contribution in [-0.2, 0) is 9.59 Å². The summed E-state index contributed by atoms with van der Waals surface area (Å²) in [5, 5.41) is 8.70. The van der Waals surface area contributed by atoms with E-state index >= 15 is 0 Å². The second-order valence-corrected chi connectivity index (χ2v) is 6.94. The standard InChI is InChI=1S/C17H33N5O2/c1-6-20-16(21-12-17(2,3)15(24)19-5)22-9-7-13(8-10-22)11-14(23)18-4/h13H,6-12H2,1-5H3,(H,18,23)(H,19,24)(H,20,21). The number of aliphatic imine (C=N–C) groups is 1. The molecule has 7 heteroatoms. The van der Waals surface area contributed by atoms with Crippen molar-refractivity contribution in [2.45, 2.75) is 40.0 Å².